The maximum absolute atomic E-state index is 12.8. The quantitative estimate of drug-likeness (QED) is 0.00904. The molecule has 0 saturated heterocycles. The summed E-state index contributed by atoms with van der Waals surface area (Å²) in [4.78, 5) is 3.27. The minimum absolute atomic E-state index is 0.0849. The third kappa shape index (κ3) is 12.1. The van der Waals surface area contributed by atoms with E-state index in [2.05, 4.69) is 59.0 Å². The molecule has 4 aromatic rings. The second kappa shape index (κ2) is 19.8. The van der Waals surface area contributed by atoms with Crippen molar-refractivity contribution in [3.05, 3.63) is 54.6 Å². The first kappa shape index (κ1) is 44.5. The molecular formula is C27H24N6O17S6. The molecule has 4 aromatic carbocycles. The van der Waals surface area contributed by atoms with Gasteiger partial charge in [-0.25, -0.2) is 18.9 Å². The number of rotatable bonds is 18. The largest absolute Gasteiger partial charge is 0.505 e. The SMILES string of the molecule is CNCCS(=O)(=O)c1ccc(N=Nc2c(S(=O)(=O)O)cc3cc(SOOO)c(N=Nc4ccc(SC#COOS(=O)(=O)O)cc4)c(O)c3c2N)c(SOOO)c1. The van der Waals surface area contributed by atoms with E-state index in [0.717, 1.165) is 23.9 Å². The second-order valence-electron chi connectivity index (χ2n) is 10.1. The van der Waals surface area contributed by atoms with Gasteiger partial charge in [0.05, 0.1) is 61.3 Å². The Morgan fingerprint density at radius 3 is 2.12 bits per heavy atom. The molecule has 0 bridgehead atoms. The summed E-state index contributed by atoms with van der Waals surface area (Å²) in [7, 11) is -12.2. The number of phenolic OH excluding ortho intramolecular Hbond substituents is 1. The Kier molecular flexibility index (Phi) is 15.7. The van der Waals surface area contributed by atoms with Crippen molar-refractivity contribution >= 4 is 105 Å². The highest BCUT2D eigenvalue weighted by Crippen LogP contribution is 2.50. The maximum atomic E-state index is 12.8. The van der Waals surface area contributed by atoms with Crippen molar-refractivity contribution < 1.29 is 77.9 Å². The molecule has 0 aliphatic rings. The topological polar surface area (TPSA) is 346 Å². The number of azo groups is 2. The van der Waals surface area contributed by atoms with E-state index in [-0.39, 0.29) is 54.8 Å². The Labute approximate surface area is 328 Å². The van der Waals surface area contributed by atoms with E-state index in [1.54, 1.807) is 7.05 Å². The van der Waals surface area contributed by atoms with Gasteiger partial charge in [-0.3, -0.25) is 14.0 Å². The number of benzene rings is 4. The van der Waals surface area contributed by atoms with E-state index < -0.39 is 52.4 Å². The fourth-order valence-electron chi connectivity index (χ4n) is 4.22. The molecule has 8 N–H and O–H groups in total. The van der Waals surface area contributed by atoms with Crippen molar-refractivity contribution in [1.82, 2.24) is 5.32 Å². The summed E-state index contributed by atoms with van der Waals surface area (Å²) in [5, 5.41) is 56.8. The Bertz CT molecular complexity index is 2530. The number of nitrogens with two attached hydrogens (primary N) is 1. The lowest BCUT2D eigenvalue weighted by Crippen LogP contribution is -2.19. The molecule has 56 heavy (non-hydrogen) atoms. The minimum Gasteiger partial charge on any atom is -0.505 e. The molecule has 0 aliphatic carbocycles. The van der Waals surface area contributed by atoms with Gasteiger partial charge < -0.3 is 16.2 Å². The Morgan fingerprint density at radius 2 is 1.50 bits per heavy atom. The molecular weight excluding hydrogens is 873 g/mol. The monoisotopic (exact) mass is 896 g/mol. The van der Waals surface area contributed by atoms with Gasteiger partial charge in [0.1, 0.15) is 22.0 Å². The number of thioether (sulfide) groups is 1. The predicted molar refractivity (Wildman–Crippen MR) is 196 cm³/mol. The highest BCUT2D eigenvalue weighted by molar-refractivity contribution is 8.04. The smallest absolute Gasteiger partial charge is 0.433 e. The zero-order chi connectivity index (χ0) is 41.1. The Hall–Kier alpha value is -4.20. The van der Waals surface area contributed by atoms with Crippen LogP contribution in [-0.4, -0.2) is 69.3 Å². The lowest BCUT2D eigenvalue weighted by molar-refractivity contribution is -0.432. The Morgan fingerprint density at radius 1 is 0.839 bits per heavy atom. The summed E-state index contributed by atoms with van der Waals surface area (Å²) in [5.41, 5.74) is 4.83. The van der Waals surface area contributed by atoms with Crippen LogP contribution in [0.2, 0.25) is 0 Å². The number of anilines is 1. The van der Waals surface area contributed by atoms with E-state index in [4.69, 9.17) is 20.8 Å². The third-order valence-corrected chi connectivity index (χ3v) is 11.3. The molecule has 0 spiro atoms. The maximum Gasteiger partial charge on any atom is 0.433 e. The number of sulfone groups is 1. The number of nitrogen functional groups attached to an aromatic ring is 1. The summed E-state index contributed by atoms with van der Waals surface area (Å²) in [5.74, 6) is -0.997. The average Bonchev–Trinajstić information content (AvgIpc) is 3.14. The molecule has 0 atom stereocenters. The van der Waals surface area contributed by atoms with Crippen LogP contribution in [0.25, 0.3) is 10.8 Å². The van der Waals surface area contributed by atoms with Crippen LogP contribution in [0.4, 0.5) is 28.4 Å². The van der Waals surface area contributed by atoms with Crippen LogP contribution in [0.3, 0.4) is 0 Å². The average molecular weight is 897 g/mol. The number of hydrogen-bond donors (Lipinski definition) is 7. The van der Waals surface area contributed by atoms with Crippen LogP contribution in [0.5, 0.6) is 5.75 Å². The summed E-state index contributed by atoms with van der Waals surface area (Å²) < 4.78 is 103. The molecule has 300 valence electrons. The Balaban J connectivity index is 1.79. The first-order chi connectivity index (χ1) is 26.5. The van der Waals surface area contributed by atoms with Gasteiger partial charge in [0.15, 0.2) is 21.7 Å². The highest BCUT2D eigenvalue weighted by atomic mass is 32.3. The number of nitrogens with zero attached hydrogens (tertiary/aromatic N) is 4. The van der Waals surface area contributed by atoms with Crippen LogP contribution in [0.1, 0.15) is 0 Å². The van der Waals surface area contributed by atoms with Crippen molar-refractivity contribution in [2.75, 3.05) is 25.1 Å². The van der Waals surface area contributed by atoms with Crippen molar-refractivity contribution in [1.29, 1.82) is 0 Å². The first-order valence-corrected chi connectivity index (χ1v) is 21.1. The zero-order valence-electron chi connectivity index (χ0n) is 27.6. The summed E-state index contributed by atoms with van der Waals surface area (Å²) in [6, 6.07) is 11.5. The number of aromatic hydroxyl groups is 1. The predicted octanol–water partition coefficient (Wildman–Crippen LogP) is 5.82. The first-order valence-electron chi connectivity index (χ1n) is 14.3. The lowest BCUT2D eigenvalue weighted by Gasteiger charge is -2.14. The highest BCUT2D eigenvalue weighted by Gasteiger charge is 2.26. The van der Waals surface area contributed by atoms with Crippen molar-refractivity contribution in [3.63, 3.8) is 0 Å². The fraction of sp³-hybridized carbons (Fsp3) is 0.111. The minimum atomic E-state index is -5.11. The van der Waals surface area contributed by atoms with Gasteiger partial charge in [-0.2, -0.15) is 21.9 Å². The van der Waals surface area contributed by atoms with Crippen LogP contribution < -0.4 is 11.1 Å². The molecule has 0 fully saturated rings. The van der Waals surface area contributed by atoms with E-state index in [1.807, 2.05) is 6.11 Å². The summed E-state index contributed by atoms with van der Waals surface area (Å²) in [6.07, 6.45) is 1.88. The van der Waals surface area contributed by atoms with E-state index >= 15 is 0 Å². The van der Waals surface area contributed by atoms with Gasteiger partial charge in [0.2, 0.25) is 0 Å². The van der Waals surface area contributed by atoms with Gasteiger partial charge in [-0.15, -0.1) is 24.0 Å². The molecule has 0 saturated carbocycles. The van der Waals surface area contributed by atoms with Crippen LogP contribution in [0.15, 0.2) is 99.5 Å². The van der Waals surface area contributed by atoms with Crippen LogP contribution in [-0.2, 0) is 58.3 Å². The number of fused-ring (bicyclic) bond motifs is 1. The van der Waals surface area contributed by atoms with Crippen LogP contribution in [0, 0.1) is 11.4 Å². The molecule has 0 aromatic heterocycles. The van der Waals surface area contributed by atoms with Gasteiger partial charge in [0, 0.05) is 16.7 Å². The molecule has 0 heterocycles. The number of phenols is 1. The summed E-state index contributed by atoms with van der Waals surface area (Å²) in [6.45, 7) is 0.129. The molecule has 29 heteroatoms. The normalized spacial score (nSPS) is 12.4. The standard InChI is InChI=1S/C27H24N6O17S6/c1-29-8-11-54(37,38)18-6-7-19(20(14-18)52-48-46-35)31-33-26-22(55(39,40)41)13-15-12-21(53-49-47-36)25(27(34)23(15)24(26)28)32-30-16-2-4-17(5-3-16)51-10-9-45-50-56(42,43)44/h2-7,12-14,29,34-36H,8,11,28H2,1H3,(H,39,40,41)(H,42,43,44). The molecule has 0 radical (unpaired) electrons. The third-order valence-electron chi connectivity index (χ3n) is 6.54. The van der Waals surface area contributed by atoms with Crippen molar-refractivity contribution in [2.45, 2.75) is 24.5 Å². The van der Waals surface area contributed by atoms with Gasteiger partial charge in [-0.05, 0) is 83.1 Å². The van der Waals surface area contributed by atoms with E-state index in [0.29, 0.717) is 29.0 Å². The van der Waals surface area contributed by atoms with Gasteiger partial charge >= 0.3 is 10.4 Å². The molecule has 0 aliphatic heterocycles. The molecule has 0 amide bonds. The van der Waals surface area contributed by atoms with Gasteiger partial charge in [0.25, 0.3) is 10.1 Å². The van der Waals surface area contributed by atoms with Crippen molar-refractivity contribution in [2.24, 2.45) is 20.5 Å². The van der Waals surface area contributed by atoms with E-state index in [9.17, 15) is 34.9 Å². The van der Waals surface area contributed by atoms with E-state index in [1.165, 1.54) is 42.5 Å². The zero-order valence-corrected chi connectivity index (χ0v) is 32.5. The fourth-order valence-corrected chi connectivity index (χ4v) is 7.80. The number of nitrogens with one attached hydrogen (secondary N) is 1. The number of hydrogen-bond acceptors (Lipinski definition) is 24. The second-order valence-corrected chi connectivity index (χ2v) is 16.9. The lowest BCUT2D eigenvalue weighted by atomic mass is 10.1. The van der Waals surface area contributed by atoms with Crippen molar-refractivity contribution in [3.8, 4) is 17.1 Å². The summed E-state index contributed by atoms with van der Waals surface area (Å²) >= 11 is 1.51. The molecule has 4 rings (SSSR count). The molecule has 0 unspecified atom stereocenters. The van der Waals surface area contributed by atoms with Gasteiger partial charge in [-0.1, -0.05) is 10.1 Å². The van der Waals surface area contributed by atoms with Crippen LogP contribution >= 0.6 is 35.8 Å². The molecule has 23 nitrogen and oxygen atoms in total.